The summed E-state index contributed by atoms with van der Waals surface area (Å²) in [7, 11) is 0. The maximum Gasteiger partial charge on any atom is 0.185 e. The Kier molecular flexibility index (Phi) is 5.04. The first-order valence-electron chi connectivity index (χ1n) is 4.86. The highest BCUT2D eigenvalue weighted by Crippen LogP contribution is 2.23. The molecule has 0 aliphatic carbocycles. The van der Waals surface area contributed by atoms with Crippen LogP contribution >= 0.6 is 11.8 Å². The molecule has 1 rings (SSSR count). The Hall–Kier alpha value is -0.980. The molecule has 0 aromatic heterocycles. The van der Waals surface area contributed by atoms with E-state index in [1.807, 2.05) is 0 Å². The van der Waals surface area contributed by atoms with E-state index in [4.69, 9.17) is 0 Å². The number of aliphatic hydroxyl groups is 2. The second-order valence-electron chi connectivity index (χ2n) is 3.48. The molecule has 2 atom stereocenters. The summed E-state index contributed by atoms with van der Waals surface area (Å²) in [6, 6.07) is 2.61. The van der Waals surface area contributed by atoms with Crippen LogP contribution < -0.4 is 0 Å². The molecule has 2 N–H and O–H groups in total. The van der Waals surface area contributed by atoms with Crippen LogP contribution in [0.25, 0.3) is 0 Å². The van der Waals surface area contributed by atoms with E-state index in [0.29, 0.717) is 0 Å². The Morgan fingerprint density at radius 1 is 1.41 bits per heavy atom. The predicted molar refractivity (Wildman–Crippen MR) is 60.5 cm³/mol. The van der Waals surface area contributed by atoms with E-state index in [1.165, 1.54) is 6.92 Å². The Balaban J connectivity index is 2.77. The second kappa shape index (κ2) is 6.09. The zero-order valence-electron chi connectivity index (χ0n) is 9.06. The molecule has 94 valence electrons. The molecular weight excluding hydrogens is 250 g/mol. The van der Waals surface area contributed by atoms with Gasteiger partial charge in [-0.3, -0.25) is 4.79 Å². The number of halogens is 2. The van der Waals surface area contributed by atoms with Crippen LogP contribution in [0.1, 0.15) is 18.6 Å². The lowest BCUT2D eigenvalue weighted by molar-refractivity contribution is -0.109. The van der Waals surface area contributed by atoms with Crippen LogP contribution in [-0.2, 0) is 4.79 Å². The summed E-state index contributed by atoms with van der Waals surface area (Å²) in [5.41, 5.74) is -0.318. The van der Waals surface area contributed by atoms with Crippen molar-refractivity contribution in [2.45, 2.75) is 19.1 Å². The molecule has 0 fully saturated rings. The Bertz CT molecular complexity index is 412. The first kappa shape index (κ1) is 14.1. The van der Waals surface area contributed by atoms with Crippen LogP contribution in [0.2, 0.25) is 0 Å². The minimum absolute atomic E-state index is 0.0769. The zero-order chi connectivity index (χ0) is 13.0. The van der Waals surface area contributed by atoms with Crippen LogP contribution in [0.15, 0.2) is 18.2 Å². The van der Waals surface area contributed by atoms with Crippen LogP contribution in [0, 0.1) is 11.6 Å². The number of aliphatic hydroxyl groups excluding tert-OH is 2. The molecule has 6 heteroatoms. The molecule has 0 heterocycles. The largest absolute Gasteiger partial charge is 0.389 e. The highest BCUT2D eigenvalue weighted by molar-refractivity contribution is 8.13. The topological polar surface area (TPSA) is 57.5 Å². The summed E-state index contributed by atoms with van der Waals surface area (Å²) in [5.74, 6) is -1.58. The molecule has 2 unspecified atom stereocenters. The maximum atomic E-state index is 13.3. The van der Waals surface area contributed by atoms with Crippen LogP contribution in [0.5, 0.6) is 0 Å². The van der Waals surface area contributed by atoms with Crippen molar-refractivity contribution in [1.82, 2.24) is 0 Å². The van der Waals surface area contributed by atoms with Crippen molar-refractivity contribution >= 4 is 16.9 Å². The lowest BCUT2D eigenvalue weighted by atomic mass is 10.0. The van der Waals surface area contributed by atoms with Crippen molar-refractivity contribution in [3.63, 3.8) is 0 Å². The molecule has 1 aromatic carbocycles. The first-order chi connectivity index (χ1) is 7.91. The molecule has 0 saturated carbocycles. The van der Waals surface area contributed by atoms with Crippen LogP contribution in [-0.4, -0.2) is 27.2 Å². The maximum absolute atomic E-state index is 13.3. The van der Waals surface area contributed by atoms with Crippen molar-refractivity contribution < 1.29 is 23.8 Å². The number of thioether (sulfide) groups is 1. The number of rotatable bonds is 4. The molecule has 0 amide bonds. The Morgan fingerprint density at radius 2 is 2.06 bits per heavy atom. The number of hydrogen-bond acceptors (Lipinski definition) is 4. The SMILES string of the molecule is CC(=O)SCC(O)C(O)c1cc(F)ccc1F. The van der Waals surface area contributed by atoms with E-state index in [9.17, 15) is 23.8 Å². The van der Waals surface area contributed by atoms with Crippen molar-refractivity contribution in [3.05, 3.63) is 35.4 Å². The molecule has 3 nitrogen and oxygen atoms in total. The van der Waals surface area contributed by atoms with Gasteiger partial charge in [-0.15, -0.1) is 0 Å². The van der Waals surface area contributed by atoms with Gasteiger partial charge in [-0.05, 0) is 18.2 Å². The Labute approximate surface area is 101 Å². The van der Waals surface area contributed by atoms with E-state index >= 15 is 0 Å². The van der Waals surface area contributed by atoms with Crippen molar-refractivity contribution in [2.24, 2.45) is 0 Å². The lowest BCUT2D eigenvalue weighted by Gasteiger charge is -2.17. The van der Waals surface area contributed by atoms with E-state index in [2.05, 4.69) is 0 Å². The smallest absolute Gasteiger partial charge is 0.185 e. The predicted octanol–water partition coefficient (Wildman–Crippen LogP) is 1.64. The normalized spacial score (nSPS) is 14.4. The summed E-state index contributed by atoms with van der Waals surface area (Å²) in [5, 5.41) is 18.9. The van der Waals surface area contributed by atoms with Gasteiger partial charge < -0.3 is 10.2 Å². The second-order valence-corrected chi connectivity index (χ2v) is 4.68. The highest BCUT2D eigenvalue weighted by Gasteiger charge is 2.22. The van der Waals surface area contributed by atoms with Gasteiger partial charge in [-0.2, -0.15) is 0 Å². The molecule has 0 spiro atoms. The summed E-state index contributed by atoms with van der Waals surface area (Å²) in [4.78, 5) is 10.7. The van der Waals surface area contributed by atoms with Crippen molar-refractivity contribution in [1.29, 1.82) is 0 Å². The lowest BCUT2D eigenvalue weighted by Crippen LogP contribution is -2.22. The number of carbonyl (C=O) groups is 1. The van der Waals surface area contributed by atoms with Gasteiger partial charge in [0.25, 0.3) is 0 Å². The van der Waals surface area contributed by atoms with E-state index in [-0.39, 0.29) is 16.4 Å². The van der Waals surface area contributed by atoms with Gasteiger partial charge >= 0.3 is 0 Å². The molecule has 0 aliphatic heterocycles. The van der Waals surface area contributed by atoms with Gasteiger partial charge in [-0.1, -0.05) is 11.8 Å². The summed E-state index contributed by atoms with van der Waals surface area (Å²) in [6.07, 6.45) is -2.89. The average molecular weight is 262 g/mol. The minimum atomic E-state index is -1.56. The van der Waals surface area contributed by atoms with E-state index < -0.39 is 23.8 Å². The fraction of sp³-hybridized carbons (Fsp3) is 0.364. The monoisotopic (exact) mass is 262 g/mol. The summed E-state index contributed by atoms with van der Waals surface area (Å²) < 4.78 is 26.1. The van der Waals surface area contributed by atoms with Gasteiger partial charge in [0.05, 0.1) is 6.10 Å². The van der Waals surface area contributed by atoms with Gasteiger partial charge in [0.15, 0.2) is 5.12 Å². The fourth-order valence-electron chi connectivity index (χ4n) is 1.24. The number of benzene rings is 1. The quantitative estimate of drug-likeness (QED) is 0.866. The van der Waals surface area contributed by atoms with Crippen molar-refractivity contribution in [3.8, 4) is 0 Å². The molecule has 0 aliphatic rings. The van der Waals surface area contributed by atoms with Gasteiger partial charge in [0.2, 0.25) is 0 Å². The fourth-order valence-corrected chi connectivity index (χ4v) is 1.83. The van der Waals surface area contributed by atoms with Gasteiger partial charge in [0, 0.05) is 18.2 Å². The summed E-state index contributed by atoms with van der Waals surface area (Å²) in [6.45, 7) is 1.31. The molecule has 17 heavy (non-hydrogen) atoms. The van der Waals surface area contributed by atoms with Crippen LogP contribution in [0.4, 0.5) is 8.78 Å². The van der Waals surface area contributed by atoms with Crippen molar-refractivity contribution in [2.75, 3.05) is 5.75 Å². The third-order valence-corrected chi connectivity index (χ3v) is 3.01. The third kappa shape index (κ3) is 4.07. The number of hydrogen-bond donors (Lipinski definition) is 2. The standard InChI is InChI=1S/C11H12F2O3S/c1-6(14)17-5-10(15)11(16)8-4-7(12)2-3-9(8)13/h2-4,10-11,15-16H,5H2,1H3. The van der Waals surface area contributed by atoms with Crippen LogP contribution in [0.3, 0.4) is 0 Å². The van der Waals surface area contributed by atoms with E-state index in [1.54, 1.807) is 0 Å². The Morgan fingerprint density at radius 3 is 2.65 bits per heavy atom. The third-order valence-electron chi connectivity index (χ3n) is 2.10. The van der Waals surface area contributed by atoms with Gasteiger partial charge in [0.1, 0.15) is 17.7 Å². The number of carbonyl (C=O) groups excluding carboxylic acids is 1. The summed E-state index contributed by atoms with van der Waals surface area (Å²) >= 11 is 0.807. The molecule has 0 bridgehead atoms. The van der Waals surface area contributed by atoms with Gasteiger partial charge in [-0.25, -0.2) is 8.78 Å². The average Bonchev–Trinajstić information content (AvgIpc) is 2.28. The van der Waals surface area contributed by atoms with E-state index in [0.717, 1.165) is 30.0 Å². The zero-order valence-corrected chi connectivity index (χ0v) is 9.88. The first-order valence-corrected chi connectivity index (χ1v) is 5.85. The molecule has 1 aromatic rings. The molecular formula is C11H12F2O3S. The molecule has 0 saturated heterocycles. The highest BCUT2D eigenvalue weighted by atomic mass is 32.2. The minimum Gasteiger partial charge on any atom is -0.389 e. The molecule has 0 radical (unpaired) electrons.